The summed E-state index contributed by atoms with van der Waals surface area (Å²) in [5.74, 6) is 0. The molecule has 0 aromatic rings. The summed E-state index contributed by atoms with van der Waals surface area (Å²) < 4.78 is 11.7. The van der Waals surface area contributed by atoms with E-state index in [2.05, 4.69) is 13.8 Å². The largest absolute Gasteiger partial charge is 0.444 e. The van der Waals surface area contributed by atoms with Crippen molar-refractivity contribution in [3.8, 4) is 0 Å². The van der Waals surface area contributed by atoms with Crippen LogP contribution in [0.25, 0.3) is 0 Å². The SMILES string of the molecule is CCCC1(C)COC2(CCN(C(=O)OC(C)(C)C)CC2)C1. The Bertz CT molecular complexity index is 380. The Hall–Kier alpha value is -0.770. The smallest absolute Gasteiger partial charge is 0.410 e. The molecule has 0 bridgehead atoms. The highest BCUT2D eigenvalue weighted by atomic mass is 16.6. The Morgan fingerprint density at radius 2 is 1.90 bits per heavy atom. The maximum atomic E-state index is 12.1. The summed E-state index contributed by atoms with van der Waals surface area (Å²) >= 11 is 0. The fourth-order valence-electron chi connectivity index (χ4n) is 3.72. The first-order valence-corrected chi connectivity index (χ1v) is 8.29. The van der Waals surface area contributed by atoms with E-state index in [-0.39, 0.29) is 11.7 Å². The third-order valence-corrected chi connectivity index (χ3v) is 4.66. The van der Waals surface area contributed by atoms with E-state index in [0.29, 0.717) is 5.41 Å². The average Bonchev–Trinajstić information content (AvgIpc) is 2.66. The molecule has 2 heterocycles. The quantitative estimate of drug-likeness (QED) is 0.773. The standard InChI is InChI=1S/C17H31NO3/c1-6-7-16(5)12-17(20-13-16)8-10-18(11-9-17)14(19)21-15(2,3)4/h6-13H2,1-5H3. The lowest BCUT2D eigenvalue weighted by Gasteiger charge is -2.39. The molecule has 4 nitrogen and oxygen atoms in total. The van der Waals surface area contributed by atoms with E-state index in [0.717, 1.165) is 39.0 Å². The highest BCUT2D eigenvalue weighted by Gasteiger charge is 2.48. The average molecular weight is 297 g/mol. The Kier molecular flexibility index (Phi) is 4.57. The summed E-state index contributed by atoms with van der Waals surface area (Å²) in [4.78, 5) is 13.9. The van der Waals surface area contributed by atoms with Crippen molar-refractivity contribution in [3.05, 3.63) is 0 Å². The molecule has 4 heteroatoms. The predicted octanol–water partition coefficient (Wildman–Crippen LogP) is 3.98. The topological polar surface area (TPSA) is 38.8 Å². The second-order valence-electron chi connectivity index (χ2n) is 8.18. The number of piperidine rings is 1. The van der Waals surface area contributed by atoms with Gasteiger partial charge in [0.25, 0.3) is 0 Å². The van der Waals surface area contributed by atoms with Crippen LogP contribution in [0.2, 0.25) is 0 Å². The molecular formula is C17H31NO3. The van der Waals surface area contributed by atoms with Crippen LogP contribution >= 0.6 is 0 Å². The van der Waals surface area contributed by atoms with E-state index < -0.39 is 5.60 Å². The maximum Gasteiger partial charge on any atom is 0.410 e. The van der Waals surface area contributed by atoms with Crippen molar-refractivity contribution in [1.29, 1.82) is 0 Å². The summed E-state index contributed by atoms with van der Waals surface area (Å²) in [6.45, 7) is 12.7. The van der Waals surface area contributed by atoms with Crippen molar-refractivity contribution in [2.75, 3.05) is 19.7 Å². The lowest BCUT2D eigenvalue weighted by atomic mass is 9.76. The van der Waals surface area contributed by atoms with Gasteiger partial charge in [0.1, 0.15) is 5.60 Å². The summed E-state index contributed by atoms with van der Waals surface area (Å²) in [6.07, 6.45) is 5.25. The number of likely N-dealkylation sites (tertiary alicyclic amines) is 1. The van der Waals surface area contributed by atoms with Gasteiger partial charge >= 0.3 is 6.09 Å². The summed E-state index contributed by atoms with van der Waals surface area (Å²) in [7, 11) is 0. The lowest BCUT2D eigenvalue weighted by molar-refractivity contribution is -0.0491. The van der Waals surface area contributed by atoms with Crippen LogP contribution in [0.4, 0.5) is 4.79 Å². The molecule has 0 N–H and O–H groups in total. The molecule has 2 rings (SSSR count). The van der Waals surface area contributed by atoms with Crippen LogP contribution in [-0.2, 0) is 9.47 Å². The molecule has 0 aliphatic carbocycles. The zero-order valence-corrected chi connectivity index (χ0v) is 14.3. The fourth-order valence-corrected chi connectivity index (χ4v) is 3.72. The molecule has 2 saturated heterocycles. The van der Waals surface area contributed by atoms with Crippen LogP contribution < -0.4 is 0 Å². The lowest BCUT2D eigenvalue weighted by Crippen LogP contribution is -2.48. The van der Waals surface area contributed by atoms with Crippen molar-refractivity contribution < 1.29 is 14.3 Å². The number of hydrogen-bond acceptors (Lipinski definition) is 3. The minimum atomic E-state index is -0.421. The van der Waals surface area contributed by atoms with Gasteiger partial charge in [-0.25, -0.2) is 4.79 Å². The molecule has 2 fully saturated rings. The number of hydrogen-bond donors (Lipinski definition) is 0. The van der Waals surface area contributed by atoms with Crippen molar-refractivity contribution in [2.45, 2.75) is 77.9 Å². The normalized spacial score (nSPS) is 28.9. The molecule has 122 valence electrons. The van der Waals surface area contributed by atoms with E-state index in [1.807, 2.05) is 25.7 Å². The molecule has 1 spiro atoms. The van der Waals surface area contributed by atoms with Gasteiger partial charge in [-0.05, 0) is 51.9 Å². The molecular weight excluding hydrogens is 266 g/mol. The van der Waals surface area contributed by atoms with Crippen LogP contribution in [0.15, 0.2) is 0 Å². The van der Waals surface area contributed by atoms with Crippen LogP contribution in [0, 0.1) is 5.41 Å². The molecule has 0 aromatic heterocycles. The summed E-state index contributed by atoms with van der Waals surface area (Å²) in [5.41, 5.74) is -0.0962. The molecule has 2 aliphatic rings. The number of carbonyl (C=O) groups excluding carboxylic acids is 1. The van der Waals surface area contributed by atoms with Gasteiger partial charge in [-0.2, -0.15) is 0 Å². The monoisotopic (exact) mass is 297 g/mol. The molecule has 1 amide bonds. The summed E-state index contributed by atoms with van der Waals surface area (Å²) in [5, 5.41) is 0. The number of carbonyl (C=O) groups is 1. The Morgan fingerprint density at radius 3 is 2.43 bits per heavy atom. The van der Waals surface area contributed by atoms with Crippen LogP contribution in [0.1, 0.15) is 66.7 Å². The number of amides is 1. The van der Waals surface area contributed by atoms with Crippen molar-refractivity contribution in [3.63, 3.8) is 0 Å². The van der Waals surface area contributed by atoms with Gasteiger partial charge in [-0.15, -0.1) is 0 Å². The third kappa shape index (κ3) is 4.12. The van der Waals surface area contributed by atoms with Gasteiger partial charge < -0.3 is 14.4 Å². The first-order chi connectivity index (χ1) is 9.67. The number of ether oxygens (including phenoxy) is 2. The van der Waals surface area contributed by atoms with Gasteiger partial charge in [0.2, 0.25) is 0 Å². The highest BCUT2D eigenvalue weighted by Crippen LogP contribution is 2.47. The van der Waals surface area contributed by atoms with Gasteiger partial charge in [0.15, 0.2) is 0 Å². The predicted molar refractivity (Wildman–Crippen MR) is 83.4 cm³/mol. The van der Waals surface area contributed by atoms with Gasteiger partial charge in [0, 0.05) is 13.1 Å². The van der Waals surface area contributed by atoms with Gasteiger partial charge in [-0.1, -0.05) is 20.3 Å². The molecule has 1 unspecified atom stereocenters. The number of nitrogens with zero attached hydrogens (tertiary/aromatic N) is 1. The van der Waals surface area contributed by atoms with Gasteiger partial charge in [0.05, 0.1) is 12.2 Å². The zero-order chi connectivity index (χ0) is 15.7. The van der Waals surface area contributed by atoms with E-state index in [1.54, 1.807) is 0 Å². The Labute approximate surface area is 129 Å². The second kappa shape index (κ2) is 5.79. The van der Waals surface area contributed by atoms with E-state index in [9.17, 15) is 4.79 Å². The first kappa shape index (κ1) is 16.6. The second-order valence-corrected chi connectivity index (χ2v) is 8.18. The van der Waals surface area contributed by atoms with E-state index >= 15 is 0 Å². The van der Waals surface area contributed by atoms with Crippen molar-refractivity contribution in [2.24, 2.45) is 5.41 Å². The highest BCUT2D eigenvalue weighted by molar-refractivity contribution is 5.68. The first-order valence-electron chi connectivity index (χ1n) is 8.29. The Balaban J connectivity index is 1.88. The van der Waals surface area contributed by atoms with E-state index in [4.69, 9.17) is 9.47 Å². The Morgan fingerprint density at radius 1 is 1.29 bits per heavy atom. The van der Waals surface area contributed by atoms with Crippen LogP contribution in [-0.4, -0.2) is 41.9 Å². The minimum Gasteiger partial charge on any atom is -0.444 e. The molecule has 2 aliphatic heterocycles. The van der Waals surface area contributed by atoms with Crippen LogP contribution in [0.5, 0.6) is 0 Å². The molecule has 0 radical (unpaired) electrons. The zero-order valence-electron chi connectivity index (χ0n) is 14.3. The van der Waals surface area contributed by atoms with E-state index in [1.165, 1.54) is 12.8 Å². The minimum absolute atomic E-state index is 0.00241. The molecule has 21 heavy (non-hydrogen) atoms. The fraction of sp³-hybridized carbons (Fsp3) is 0.941. The summed E-state index contributed by atoms with van der Waals surface area (Å²) in [6, 6.07) is 0. The van der Waals surface area contributed by atoms with Gasteiger partial charge in [-0.3, -0.25) is 0 Å². The molecule has 0 aromatic carbocycles. The van der Waals surface area contributed by atoms with Crippen molar-refractivity contribution in [1.82, 2.24) is 4.90 Å². The molecule has 1 atom stereocenters. The number of rotatable bonds is 2. The van der Waals surface area contributed by atoms with Crippen LogP contribution in [0.3, 0.4) is 0 Å². The van der Waals surface area contributed by atoms with Crippen molar-refractivity contribution >= 4 is 6.09 Å². The maximum absolute atomic E-state index is 12.1. The molecule has 0 saturated carbocycles. The third-order valence-electron chi connectivity index (χ3n) is 4.66.